The molecule has 1 aliphatic heterocycles. The second-order valence-electron chi connectivity index (χ2n) is 7.80. The summed E-state index contributed by atoms with van der Waals surface area (Å²) >= 11 is 0. The maximum atomic E-state index is 13.1. The molecule has 176 valence electrons. The topological polar surface area (TPSA) is 106 Å². The number of carbonyl (C=O) groups is 2. The lowest BCUT2D eigenvalue weighted by Crippen LogP contribution is -2.33. The van der Waals surface area contributed by atoms with Crippen LogP contribution in [0.25, 0.3) is 5.76 Å². The van der Waals surface area contributed by atoms with Crippen LogP contribution in [-0.2, 0) is 14.3 Å². The summed E-state index contributed by atoms with van der Waals surface area (Å²) in [4.78, 5) is 27.4. The van der Waals surface area contributed by atoms with Crippen molar-refractivity contribution < 1.29 is 34.0 Å². The molecule has 2 aromatic carbocycles. The third-order valence-corrected chi connectivity index (χ3v) is 5.26. The lowest BCUT2D eigenvalue weighted by molar-refractivity contribution is -0.140. The zero-order valence-electron chi connectivity index (χ0n) is 19.2. The van der Waals surface area contributed by atoms with Crippen molar-refractivity contribution >= 4 is 17.4 Å². The maximum absolute atomic E-state index is 13.1. The lowest BCUT2D eigenvalue weighted by atomic mass is 9.95. The van der Waals surface area contributed by atoms with Crippen LogP contribution in [0.3, 0.4) is 0 Å². The number of ketones is 1. The molecule has 1 amide bonds. The predicted molar refractivity (Wildman–Crippen MR) is 122 cm³/mol. The number of Topliss-reactive ketones (excluding diaryl/α,β-unsaturated/α-hetero) is 1. The molecular weight excluding hydrogens is 426 g/mol. The van der Waals surface area contributed by atoms with Crippen molar-refractivity contribution in [1.82, 2.24) is 4.90 Å². The summed E-state index contributed by atoms with van der Waals surface area (Å²) in [5.41, 5.74) is 0.738. The van der Waals surface area contributed by atoms with Crippen molar-refractivity contribution in [2.75, 3.05) is 26.9 Å². The van der Waals surface area contributed by atoms with E-state index >= 15 is 0 Å². The largest absolute Gasteiger partial charge is 0.507 e. The number of nitrogens with zero attached hydrogens (tertiary/aromatic N) is 1. The number of methoxy groups -OCH3 is 1. The quantitative estimate of drug-likeness (QED) is 0.338. The minimum atomic E-state index is -0.909. The number of hydrogen-bond donors (Lipinski definition) is 2. The number of phenols is 1. The van der Waals surface area contributed by atoms with Crippen LogP contribution in [0, 0.1) is 0 Å². The number of ether oxygens (including phenoxy) is 3. The molecule has 33 heavy (non-hydrogen) atoms. The molecule has 0 aliphatic carbocycles. The molecule has 1 unspecified atom stereocenters. The summed E-state index contributed by atoms with van der Waals surface area (Å²) < 4.78 is 16.2. The Morgan fingerprint density at radius 3 is 2.55 bits per heavy atom. The molecule has 1 saturated heterocycles. The Morgan fingerprint density at radius 1 is 1.15 bits per heavy atom. The number of carbonyl (C=O) groups excluding carboxylic acids is 2. The van der Waals surface area contributed by atoms with Crippen LogP contribution in [0.4, 0.5) is 0 Å². The average molecular weight is 456 g/mol. The second kappa shape index (κ2) is 10.4. The summed E-state index contributed by atoms with van der Waals surface area (Å²) in [6, 6.07) is 10.4. The van der Waals surface area contributed by atoms with E-state index in [4.69, 9.17) is 14.2 Å². The van der Waals surface area contributed by atoms with Gasteiger partial charge in [0.2, 0.25) is 0 Å². The first-order valence-electron chi connectivity index (χ1n) is 10.8. The number of aromatic hydroxyl groups is 1. The summed E-state index contributed by atoms with van der Waals surface area (Å²) in [7, 11) is 1.43. The molecule has 0 aromatic heterocycles. The van der Waals surface area contributed by atoms with Crippen molar-refractivity contribution in [2.24, 2.45) is 0 Å². The lowest BCUT2D eigenvalue weighted by Gasteiger charge is -2.26. The first kappa shape index (κ1) is 24.1. The number of likely N-dealkylation sites (tertiary alicyclic amines) is 1. The van der Waals surface area contributed by atoms with E-state index in [0.717, 1.165) is 0 Å². The average Bonchev–Trinajstić information content (AvgIpc) is 3.03. The maximum Gasteiger partial charge on any atom is 0.295 e. The van der Waals surface area contributed by atoms with Gasteiger partial charge in [-0.05, 0) is 50.6 Å². The highest BCUT2D eigenvalue weighted by Crippen LogP contribution is 2.41. The van der Waals surface area contributed by atoms with Crippen LogP contribution >= 0.6 is 0 Å². The number of aliphatic hydroxyl groups excluding tert-OH is 1. The number of hydrogen-bond acceptors (Lipinski definition) is 7. The van der Waals surface area contributed by atoms with E-state index in [9.17, 15) is 19.8 Å². The number of benzene rings is 2. The van der Waals surface area contributed by atoms with Crippen molar-refractivity contribution in [3.05, 3.63) is 59.2 Å². The molecule has 1 aliphatic rings. The van der Waals surface area contributed by atoms with E-state index in [2.05, 4.69) is 0 Å². The molecule has 2 N–H and O–H groups in total. The first-order chi connectivity index (χ1) is 15.8. The van der Waals surface area contributed by atoms with Crippen molar-refractivity contribution in [1.29, 1.82) is 0 Å². The van der Waals surface area contributed by atoms with Crippen LogP contribution in [-0.4, -0.2) is 59.8 Å². The number of phenolic OH excluding ortho intramolecular Hbond substituents is 1. The Hall–Kier alpha value is -3.52. The molecule has 0 radical (unpaired) electrons. The molecular formula is C25H29NO7. The van der Waals surface area contributed by atoms with Gasteiger partial charge in [-0.3, -0.25) is 9.59 Å². The van der Waals surface area contributed by atoms with Crippen molar-refractivity contribution in [3.8, 4) is 17.2 Å². The third kappa shape index (κ3) is 5.12. The van der Waals surface area contributed by atoms with Gasteiger partial charge in [0.05, 0.1) is 38.0 Å². The van der Waals surface area contributed by atoms with E-state index in [-0.39, 0.29) is 42.1 Å². The molecule has 0 bridgehead atoms. The smallest absolute Gasteiger partial charge is 0.295 e. The Kier molecular flexibility index (Phi) is 7.60. The molecule has 1 atom stereocenters. The van der Waals surface area contributed by atoms with E-state index in [1.54, 1.807) is 36.4 Å². The van der Waals surface area contributed by atoms with Crippen molar-refractivity contribution in [3.63, 3.8) is 0 Å². The zero-order chi connectivity index (χ0) is 24.1. The zero-order valence-corrected chi connectivity index (χ0v) is 19.2. The van der Waals surface area contributed by atoms with Gasteiger partial charge in [-0.25, -0.2) is 0 Å². The normalized spacial score (nSPS) is 17.6. The highest BCUT2D eigenvalue weighted by Gasteiger charge is 2.46. The monoisotopic (exact) mass is 455 g/mol. The Balaban J connectivity index is 2.12. The molecule has 0 saturated carbocycles. The minimum absolute atomic E-state index is 0.0494. The number of rotatable bonds is 9. The van der Waals surface area contributed by atoms with Crippen LogP contribution in [0.1, 0.15) is 37.9 Å². The highest BCUT2D eigenvalue weighted by atomic mass is 16.5. The van der Waals surface area contributed by atoms with Crippen LogP contribution < -0.4 is 9.47 Å². The van der Waals surface area contributed by atoms with Gasteiger partial charge < -0.3 is 29.3 Å². The summed E-state index contributed by atoms with van der Waals surface area (Å²) in [5, 5.41) is 21.5. The van der Waals surface area contributed by atoms with Gasteiger partial charge in [0.1, 0.15) is 11.5 Å². The van der Waals surface area contributed by atoms with E-state index < -0.39 is 17.7 Å². The molecule has 1 fully saturated rings. The molecule has 8 heteroatoms. The van der Waals surface area contributed by atoms with Crippen LogP contribution in [0.2, 0.25) is 0 Å². The first-order valence-corrected chi connectivity index (χ1v) is 10.8. The number of amides is 1. The number of aliphatic hydroxyl groups is 1. The van der Waals surface area contributed by atoms with Gasteiger partial charge in [0, 0.05) is 12.1 Å². The summed E-state index contributed by atoms with van der Waals surface area (Å²) in [6.45, 7) is 6.37. The molecule has 8 nitrogen and oxygen atoms in total. The fraction of sp³-hybridized carbons (Fsp3) is 0.360. The van der Waals surface area contributed by atoms with Gasteiger partial charge in [0.25, 0.3) is 11.7 Å². The van der Waals surface area contributed by atoms with Gasteiger partial charge in [-0.2, -0.15) is 0 Å². The van der Waals surface area contributed by atoms with Crippen LogP contribution in [0.15, 0.2) is 48.0 Å². The van der Waals surface area contributed by atoms with E-state index in [1.807, 2.05) is 20.8 Å². The second-order valence-corrected chi connectivity index (χ2v) is 7.80. The fourth-order valence-corrected chi connectivity index (χ4v) is 3.78. The summed E-state index contributed by atoms with van der Waals surface area (Å²) in [5.74, 6) is -1.23. The SMILES string of the molecule is CCOc1cccc(/C(O)=C2/C(=O)C(=O)N(CCOC(C)C)C2c2ccc(OC)c(O)c2)c1. The van der Waals surface area contributed by atoms with E-state index in [0.29, 0.717) is 23.5 Å². The molecule has 3 rings (SSSR count). The molecule has 1 heterocycles. The van der Waals surface area contributed by atoms with Gasteiger partial charge in [0.15, 0.2) is 11.5 Å². The van der Waals surface area contributed by atoms with Crippen LogP contribution in [0.5, 0.6) is 17.2 Å². The van der Waals surface area contributed by atoms with E-state index in [1.165, 1.54) is 18.1 Å². The Labute approximate surface area is 193 Å². The van der Waals surface area contributed by atoms with Gasteiger partial charge >= 0.3 is 0 Å². The molecule has 2 aromatic rings. The Morgan fingerprint density at radius 2 is 1.91 bits per heavy atom. The van der Waals surface area contributed by atoms with Gasteiger partial charge in [-0.15, -0.1) is 0 Å². The predicted octanol–water partition coefficient (Wildman–Crippen LogP) is 3.65. The van der Waals surface area contributed by atoms with Crippen molar-refractivity contribution in [2.45, 2.75) is 32.9 Å². The Bertz CT molecular complexity index is 1060. The highest BCUT2D eigenvalue weighted by molar-refractivity contribution is 6.46. The fourth-order valence-electron chi connectivity index (χ4n) is 3.78. The van der Waals surface area contributed by atoms with Gasteiger partial charge in [-0.1, -0.05) is 18.2 Å². The standard InChI is InChI=1S/C25H29NO7/c1-5-32-18-8-6-7-17(13-18)23(28)21-22(16-9-10-20(31-4)19(27)14-16)26(25(30)24(21)29)11-12-33-15(2)3/h6-10,13-15,22,27-28H,5,11-12H2,1-4H3/b23-21-. The minimum Gasteiger partial charge on any atom is -0.507 e. The third-order valence-electron chi connectivity index (χ3n) is 5.26. The summed E-state index contributed by atoms with van der Waals surface area (Å²) in [6.07, 6.45) is -0.0494. The molecule has 0 spiro atoms.